The van der Waals surface area contributed by atoms with Gasteiger partial charge in [-0.15, -0.1) is 0 Å². The maximum absolute atomic E-state index is 12.3. The van der Waals surface area contributed by atoms with Crippen LogP contribution in [0.1, 0.15) is 53.8 Å². The zero-order valence-corrected chi connectivity index (χ0v) is 13.7. The lowest BCUT2D eigenvalue weighted by molar-refractivity contribution is 0.0695. The van der Waals surface area contributed by atoms with Crippen LogP contribution in [-0.4, -0.2) is 42.4 Å². The van der Waals surface area contributed by atoms with Crippen molar-refractivity contribution in [2.24, 2.45) is 0 Å². The Morgan fingerprint density at radius 1 is 1.39 bits per heavy atom. The number of pyridine rings is 1. The Morgan fingerprint density at radius 3 is 2.70 bits per heavy atom. The standard InChI is InChI=1S/C15H20N2O5S/c1-9-13(6-7-22-9)23(20,21)16-8-11-4-5-12(15(18)19)14(17-11)10-2-3-10/h4-5,9-10,13,16H,2-3,6-8H2,1H3,(H,18,19). The number of carboxylic acids is 1. The van der Waals surface area contributed by atoms with E-state index in [0.717, 1.165) is 12.8 Å². The maximum atomic E-state index is 12.3. The lowest BCUT2D eigenvalue weighted by Gasteiger charge is -2.16. The molecule has 2 fully saturated rings. The van der Waals surface area contributed by atoms with E-state index in [1.54, 1.807) is 13.0 Å². The highest BCUT2D eigenvalue weighted by Crippen LogP contribution is 2.40. The van der Waals surface area contributed by atoms with Gasteiger partial charge >= 0.3 is 5.97 Å². The van der Waals surface area contributed by atoms with Crippen molar-refractivity contribution >= 4 is 16.0 Å². The molecule has 7 nitrogen and oxygen atoms in total. The average molecular weight is 340 g/mol. The van der Waals surface area contributed by atoms with Gasteiger partial charge in [-0.05, 0) is 38.3 Å². The topological polar surface area (TPSA) is 106 Å². The van der Waals surface area contributed by atoms with Crippen molar-refractivity contribution in [2.45, 2.75) is 50.0 Å². The van der Waals surface area contributed by atoms with Crippen LogP contribution in [0, 0.1) is 0 Å². The smallest absolute Gasteiger partial charge is 0.337 e. The number of aromatic carboxylic acids is 1. The molecule has 2 unspecified atom stereocenters. The number of aromatic nitrogens is 1. The molecule has 8 heteroatoms. The molecule has 1 aromatic rings. The van der Waals surface area contributed by atoms with Crippen molar-refractivity contribution in [1.29, 1.82) is 0 Å². The van der Waals surface area contributed by atoms with Crippen molar-refractivity contribution in [2.75, 3.05) is 6.61 Å². The van der Waals surface area contributed by atoms with Crippen LogP contribution in [0.2, 0.25) is 0 Å². The summed E-state index contributed by atoms with van der Waals surface area (Å²) < 4.78 is 32.5. The largest absolute Gasteiger partial charge is 0.478 e. The van der Waals surface area contributed by atoms with Crippen molar-refractivity contribution in [3.63, 3.8) is 0 Å². The minimum absolute atomic E-state index is 0.0607. The van der Waals surface area contributed by atoms with Crippen LogP contribution in [0.15, 0.2) is 12.1 Å². The predicted molar refractivity (Wildman–Crippen MR) is 82.7 cm³/mol. The molecule has 1 aliphatic heterocycles. The van der Waals surface area contributed by atoms with Gasteiger partial charge < -0.3 is 9.84 Å². The van der Waals surface area contributed by atoms with E-state index in [1.165, 1.54) is 6.07 Å². The maximum Gasteiger partial charge on any atom is 0.337 e. The molecule has 23 heavy (non-hydrogen) atoms. The number of rotatable bonds is 6. The highest BCUT2D eigenvalue weighted by Gasteiger charge is 2.35. The summed E-state index contributed by atoms with van der Waals surface area (Å²) in [5.41, 5.74) is 1.30. The van der Waals surface area contributed by atoms with E-state index >= 15 is 0 Å². The number of ether oxygens (including phenoxy) is 1. The van der Waals surface area contributed by atoms with Gasteiger partial charge in [-0.3, -0.25) is 4.98 Å². The quantitative estimate of drug-likeness (QED) is 0.807. The van der Waals surface area contributed by atoms with Crippen molar-refractivity contribution in [3.05, 3.63) is 29.1 Å². The van der Waals surface area contributed by atoms with Crippen LogP contribution in [0.3, 0.4) is 0 Å². The fraction of sp³-hybridized carbons (Fsp3) is 0.600. The van der Waals surface area contributed by atoms with E-state index in [0.29, 0.717) is 24.4 Å². The molecule has 3 rings (SSSR count). The van der Waals surface area contributed by atoms with Crippen LogP contribution < -0.4 is 4.72 Å². The molecule has 0 amide bonds. The highest BCUT2D eigenvalue weighted by atomic mass is 32.2. The molecule has 1 aliphatic carbocycles. The average Bonchev–Trinajstić information content (AvgIpc) is 3.26. The number of nitrogens with zero attached hydrogens (tertiary/aromatic N) is 1. The summed E-state index contributed by atoms with van der Waals surface area (Å²) in [6.45, 7) is 2.26. The summed E-state index contributed by atoms with van der Waals surface area (Å²) >= 11 is 0. The molecule has 2 heterocycles. The Kier molecular flexibility index (Phi) is 4.39. The summed E-state index contributed by atoms with van der Waals surface area (Å²) in [5.74, 6) is -0.815. The van der Waals surface area contributed by atoms with E-state index in [1.807, 2.05) is 0 Å². The summed E-state index contributed by atoms with van der Waals surface area (Å²) in [6.07, 6.45) is 2.02. The molecule has 0 radical (unpaired) electrons. The van der Waals surface area contributed by atoms with Gasteiger partial charge in [-0.25, -0.2) is 17.9 Å². The summed E-state index contributed by atoms with van der Waals surface area (Å²) in [4.78, 5) is 15.6. The number of hydrogen-bond acceptors (Lipinski definition) is 5. The third kappa shape index (κ3) is 3.54. The van der Waals surface area contributed by atoms with Gasteiger partial charge in [-0.2, -0.15) is 0 Å². The lowest BCUT2D eigenvalue weighted by atomic mass is 10.1. The fourth-order valence-electron chi connectivity index (χ4n) is 2.87. The molecule has 1 saturated carbocycles. The molecule has 1 saturated heterocycles. The Bertz CT molecular complexity index is 715. The summed E-state index contributed by atoms with van der Waals surface area (Å²) in [5, 5.41) is 8.65. The van der Waals surface area contributed by atoms with E-state index in [4.69, 9.17) is 4.74 Å². The first-order chi connectivity index (χ1) is 10.9. The van der Waals surface area contributed by atoms with Crippen LogP contribution in [0.25, 0.3) is 0 Å². The van der Waals surface area contributed by atoms with Crippen LogP contribution >= 0.6 is 0 Å². The van der Waals surface area contributed by atoms with Crippen molar-refractivity contribution in [1.82, 2.24) is 9.71 Å². The molecule has 2 N–H and O–H groups in total. The first-order valence-electron chi connectivity index (χ1n) is 7.71. The molecular weight excluding hydrogens is 320 g/mol. The van der Waals surface area contributed by atoms with Gasteiger partial charge in [0.25, 0.3) is 0 Å². The Hall–Kier alpha value is -1.51. The predicted octanol–water partition coefficient (Wildman–Crippen LogP) is 1.25. The summed E-state index contributed by atoms with van der Waals surface area (Å²) in [7, 11) is -3.48. The third-order valence-corrected chi connectivity index (χ3v) is 6.30. The van der Waals surface area contributed by atoms with Gasteiger partial charge in [0.1, 0.15) is 5.25 Å². The number of hydrogen-bond donors (Lipinski definition) is 2. The zero-order chi connectivity index (χ0) is 16.6. The molecule has 0 aromatic carbocycles. The van der Waals surface area contributed by atoms with E-state index in [9.17, 15) is 18.3 Å². The van der Waals surface area contributed by atoms with Crippen LogP contribution in [-0.2, 0) is 21.3 Å². The number of carbonyl (C=O) groups is 1. The molecule has 0 bridgehead atoms. The molecule has 1 aromatic heterocycles. The second-order valence-corrected chi connectivity index (χ2v) is 8.07. The Morgan fingerprint density at radius 2 is 2.13 bits per heavy atom. The van der Waals surface area contributed by atoms with Gasteiger partial charge in [-0.1, -0.05) is 0 Å². The zero-order valence-electron chi connectivity index (χ0n) is 12.9. The van der Waals surface area contributed by atoms with E-state index in [-0.39, 0.29) is 24.1 Å². The second kappa shape index (κ2) is 6.18. The molecule has 2 atom stereocenters. The van der Waals surface area contributed by atoms with E-state index < -0.39 is 21.2 Å². The molecule has 0 spiro atoms. The fourth-order valence-corrected chi connectivity index (χ4v) is 4.42. The minimum Gasteiger partial charge on any atom is -0.478 e. The molecular formula is C15H20N2O5S. The van der Waals surface area contributed by atoms with Crippen molar-refractivity contribution < 1.29 is 23.1 Å². The normalized spacial score (nSPS) is 24.7. The van der Waals surface area contributed by atoms with Gasteiger partial charge in [0.05, 0.1) is 29.6 Å². The van der Waals surface area contributed by atoms with Gasteiger partial charge in [0.15, 0.2) is 0 Å². The minimum atomic E-state index is -3.48. The Balaban J connectivity index is 1.73. The number of carboxylic acid groups (broad SMARTS) is 1. The second-order valence-electron chi connectivity index (χ2n) is 6.08. The summed E-state index contributed by atoms with van der Waals surface area (Å²) in [6, 6.07) is 3.07. The first kappa shape index (κ1) is 16.4. The van der Waals surface area contributed by atoms with Crippen LogP contribution in [0.4, 0.5) is 0 Å². The number of sulfonamides is 1. The highest BCUT2D eigenvalue weighted by molar-refractivity contribution is 7.90. The van der Waals surface area contributed by atoms with Gasteiger partial charge in [0.2, 0.25) is 10.0 Å². The van der Waals surface area contributed by atoms with Gasteiger partial charge in [0, 0.05) is 12.5 Å². The van der Waals surface area contributed by atoms with E-state index in [2.05, 4.69) is 9.71 Å². The molecule has 126 valence electrons. The number of nitrogens with one attached hydrogen (secondary N) is 1. The molecule has 2 aliphatic rings. The van der Waals surface area contributed by atoms with Crippen LogP contribution in [0.5, 0.6) is 0 Å². The Labute approximate surface area is 135 Å². The monoisotopic (exact) mass is 340 g/mol. The first-order valence-corrected chi connectivity index (χ1v) is 9.26. The van der Waals surface area contributed by atoms with Crippen molar-refractivity contribution in [3.8, 4) is 0 Å². The third-order valence-electron chi connectivity index (χ3n) is 4.34. The SMILES string of the molecule is CC1OCCC1S(=O)(=O)NCc1ccc(C(=O)O)c(C2CC2)n1. The lowest BCUT2D eigenvalue weighted by Crippen LogP contribution is -2.38.